The molecule has 2 aromatic rings. The number of hydrogen-bond acceptors (Lipinski definition) is 3. The Morgan fingerprint density at radius 2 is 1.65 bits per heavy atom. The summed E-state index contributed by atoms with van der Waals surface area (Å²) in [4.78, 5) is 15.6. The van der Waals surface area contributed by atoms with Crippen molar-refractivity contribution in [2.45, 2.75) is 0 Å². The molecule has 0 heterocycles. The standard InChI is InChI=1S/C16H19N3O/c1-18(2)16(20)12-9-10-14(17)15(11-12)19(3)13-7-5-4-6-8-13/h4-11H,17H2,1-3H3. The molecule has 0 unspecified atom stereocenters. The number of benzene rings is 2. The summed E-state index contributed by atoms with van der Waals surface area (Å²) in [5.41, 5.74) is 9.15. The fourth-order valence-electron chi connectivity index (χ4n) is 2.02. The first-order chi connectivity index (χ1) is 9.50. The molecule has 0 radical (unpaired) electrons. The normalized spacial score (nSPS) is 10.2. The fourth-order valence-corrected chi connectivity index (χ4v) is 2.02. The zero-order valence-electron chi connectivity index (χ0n) is 12.0. The Labute approximate surface area is 119 Å². The van der Waals surface area contributed by atoms with E-state index in [9.17, 15) is 4.79 Å². The van der Waals surface area contributed by atoms with E-state index in [4.69, 9.17) is 5.73 Å². The molecular weight excluding hydrogens is 250 g/mol. The molecule has 0 atom stereocenters. The van der Waals surface area contributed by atoms with Gasteiger partial charge in [-0.25, -0.2) is 0 Å². The molecule has 0 fully saturated rings. The van der Waals surface area contributed by atoms with E-state index in [-0.39, 0.29) is 5.91 Å². The van der Waals surface area contributed by atoms with Crippen molar-refractivity contribution in [3.63, 3.8) is 0 Å². The molecule has 0 aliphatic carbocycles. The van der Waals surface area contributed by atoms with Crippen LogP contribution in [-0.2, 0) is 0 Å². The van der Waals surface area contributed by atoms with Gasteiger partial charge in [-0.3, -0.25) is 4.79 Å². The van der Waals surface area contributed by atoms with Gasteiger partial charge < -0.3 is 15.5 Å². The highest BCUT2D eigenvalue weighted by Crippen LogP contribution is 2.29. The van der Waals surface area contributed by atoms with Gasteiger partial charge in [0.1, 0.15) is 0 Å². The first-order valence-electron chi connectivity index (χ1n) is 6.40. The Bertz CT molecular complexity index is 608. The van der Waals surface area contributed by atoms with Crippen LogP contribution >= 0.6 is 0 Å². The average molecular weight is 269 g/mol. The summed E-state index contributed by atoms with van der Waals surface area (Å²) >= 11 is 0. The molecule has 0 aliphatic rings. The van der Waals surface area contributed by atoms with Gasteiger partial charge in [0, 0.05) is 32.4 Å². The maximum atomic E-state index is 12.0. The molecule has 2 rings (SSSR count). The zero-order valence-corrected chi connectivity index (χ0v) is 12.0. The molecule has 0 aliphatic heterocycles. The number of rotatable bonds is 3. The first-order valence-corrected chi connectivity index (χ1v) is 6.40. The Morgan fingerprint density at radius 1 is 1.00 bits per heavy atom. The third-order valence-electron chi connectivity index (χ3n) is 3.19. The average Bonchev–Trinajstić information content (AvgIpc) is 2.47. The number of nitrogen functional groups attached to an aromatic ring is 1. The van der Waals surface area contributed by atoms with Gasteiger partial charge in [0.2, 0.25) is 0 Å². The van der Waals surface area contributed by atoms with Crippen LogP contribution in [0.25, 0.3) is 0 Å². The highest BCUT2D eigenvalue weighted by molar-refractivity contribution is 5.96. The molecular formula is C16H19N3O. The van der Waals surface area contributed by atoms with Gasteiger partial charge in [0.05, 0.1) is 11.4 Å². The number of nitrogens with two attached hydrogens (primary N) is 1. The predicted octanol–water partition coefficient (Wildman–Crippen LogP) is 2.74. The maximum absolute atomic E-state index is 12.0. The maximum Gasteiger partial charge on any atom is 0.253 e. The van der Waals surface area contributed by atoms with Crippen LogP contribution in [0.3, 0.4) is 0 Å². The van der Waals surface area contributed by atoms with Crippen LogP contribution in [0.5, 0.6) is 0 Å². The first kappa shape index (κ1) is 13.9. The summed E-state index contributed by atoms with van der Waals surface area (Å²) in [5.74, 6) is -0.0345. The van der Waals surface area contributed by atoms with E-state index in [1.165, 1.54) is 0 Å². The van der Waals surface area contributed by atoms with Gasteiger partial charge in [-0.15, -0.1) is 0 Å². The molecule has 2 aromatic carbocycles. The quantitative estimate of drug-likeness (QED) is 0.872. The van der Waals surface area contributed by atoms with E-state index in [1.807, 2.05) is 48.3 Å². The fraction of sp³-hybridized carbons (Fsp3) is 0.188. The van der Waals surface area contributed by atoms with E-state index in [1.54, 1.807) is 31.1 Å². The molecule has 4 heteroatoms. The van der Waals surface area contributed by atoms with Crippen LogP contribution in [-0.4, -0.2) is 32.0 Å². The number of amides is 1. The minimum absolute atomic E-state index is 0.0345. The van der Waals surface area contributed by atoms with Crippen LogP contribution in [0.2, 0.25) is 0 Å². The second-order valence-corrected chi connectivity index (χ2v) is 4.87. The zero-order chi connectivity index (χ0) is 14.7. The lowest BCUT2D eigenvalue weighted by atomic mass is 10.1. The van der Waals surface area contributed by atoms with Gasteiger partial charge in [0.15, 0.2) is 0 Å². The number of anilines is 3. The summed E-state index contributed by atoms with van der Waals surface area (Å²) < 4.78 is 0. The van der Waals surface area contributed by atoms with Crippen molar-refractivity contribution in [3.05, 3.63) is 54.1 Å². The smallest absolute Gasteiger partial charge is 0.253 e. The van der Waals surface area contributed by atoms with E-state index in [2.05, 4.69) is 0 Å². The highest BCUT2D eigenvalue weighted by atomic mass is 16.2. The lowest BCUT2D eigenvalue weighted by Crippen LogP contribution is -2.22. The Hall–Kier alpha value is -2.49. The van der Waals surface area contributed by atoms with E-state index >= 15 is 0 Å². The van der Waals surface area contributed by atoms with Crippen molar-refractivity contribution in [1.82, 2.24) is 4.90 Å². The molecule has 20 heavy (non-hydrogen) atoms. The van der Waals surface area contributed by atoms with Crippen molar-refractivity contribution < 1.29 is 4.79 Å². The van der Waals surface area contributed by atoms with Gasteiger partial charge in [-0.1, -0.05) is 18.2 Å². The number of carbonyl (C=O) groups is 1. The van der Waals surface area contributed by atoms with E-state index in [0.717, 1.165) is 11.4 Å². The molecule has 0 spiro atoms. The molecule has 104 valence electrons. The second-order valence-electron chi connectivity index (χ2n) is 4.87. The highest BCUT2D eigenvalue weighted by Gasteiger charge is 2.13. The third kappa shape index (κ3) is 2.74. The largest absolute Gasteiger partial charge is 0.397 e. The van der Waals surface area contributed by atoms with Crippen molar-refractivity contribution in [2.75, 3.05) is 31.8 Å². The predicted molar refractivity (Wildman–Crippen MR) is 83.4 cm³/mol. The summed E-state index contributed by atoms with van der Waals surface area (Å²) in [6.45, 7) is 0. The van der Waals surface area contributed by atoms with E-state index in [0.29, 0.717) is 11.3 Å². The summed E-state index contributed by atoms with van der Waals surface area (Å²) in [7, 11) is 5.41. The van der Waals surface area contributed by atoms with Crippen molar-refractivity contribution in [1.29, 1.82) is 0 Å². The summed E-state index contributed by atoms with van der Waals surface area (Å²) in [6.07, 6.45) is 0. The van der Waals surface area contributed by atoms with Crippen LogP contribution in [0.15, 0.2) is 48.5 Å². The monoisotopic (exact) mass is 269 g/mol. The topological polar surface area (TPSA) is 49.6 Å². The van der Waals surface area contributed by atoms with Gasteiger partial charge in [-0.05, 0) is 30.3 Å². The van der Waals surface area contributed by atoms with Crippen molar-refractivity contribution >= 4 is 23.0 Å². The lowest BCUT2D eigenvalue weighted by Gasteiger charge is -2.22. The lowest BCUT2D eigenvalue weighted by molar-refractivity contribution is 0.0827. The van der Waals surface area contributed by atoms with E-state index < -0.39 is 0 Å². The third-order valence-corrected chi connectivity index (χ3v) is 3.19. The van der Waals surface area contributed by atoms with Crippen LogP contribution in [0, 0.1) is 0 Å². The summed E-state index contributed by atoms with van der Waals surface area (Å²) in [5, 5.41) is 0. The Balaban J connectivity index is 2.41. The molecule has 4 nitrogen and oxygen atoms in total. The minimum Gasteiger partial charge on any atom is -0.397 e. The number of hydrogen-bond donors (Lipinski definition) is 1. The molecule has 2 N–H and O–H groups in total. The number of carbonyl (C=O) groups excluding carboxylic acids is 1. The SMILES string of the molecule is CN(C)C(=O)c1ccc(N)c(N(C)c2ccccc2)c1. The Morgan fingerprint density at radius 3 is 2.25 bits per heavy atom. The minimum atomic E-state index is -0.0345. The van der Waals surface area contributed by atoms with Gasteiger partial charge in [-0.2, -0.15) is 0 Å². The molecule has 0 bridgehead atoms. The molecule has 0 aromatic heterocycles. The van der Waals surface area contributed by atoms with Crippen LogP contribution < -0.4 is 10.6 Å². The van der Waals surface area contributed by atoms with Gasteiger partial charge >= 0.3 is 0 Å². The molecule has 1 amide bonds. The molecule has 0 saturated carbocycles. The van der Waals surface area contributed by atoms with Crippen LogP contribution in [0.4, 0.5) is 17.1 Å². The van der Waals surface area contributed by atoms with Crippen LogP contribution in [0.1, 0.15) is 10.4 Å². The summed E-state index contributed by atoms with van der Waals surface area (Å²) in [6, 6.07) is 15.2. The van der Waals surface area contributed by atoms with Crippen molar-refractivity contribution in [3.8, 4) is 0 Å². The molecule has 0 saturated heterocycles. The number of para-hydroxylation sites is 1. The second kappa shape index (κ2) is 5.65. The van der Waals surface area contributed by atoms with Gasteiger partial charge in [0.25, 0.3) is 5.91 Å². The number of nitrogens with zero attached hydrogens (tertiary/aromatic N) is 2. The Kier molecular flexibility index (Phi) is 3.94. The van der Waals surface area contributed by atoms with Crippen molar-refractivity contribution in [2.24, 2.45) is 0 Å².